The van der Waals surface area contributed by atoms with Gasteiger partial charge in [-0.15, -0.1) is 24.0 Å². The predicted molar refractivity (Wildman–Crippen MR) is 48.6 cm³/mol. The Hall–Kier alpha value is -0.900. The number of aliphatic hydroxyl groups is 1. The van der Waals surface area contributed by atoms with Crippen molar-refractivity contribution in [3.8, 4) is 0 Å². The van der Waals surface area contributed by atoms with Gasteiger partial charge in [0.05, 0.1) is 6.42 Å². The Bertz CT molecular complexity index is 255. The lowest BCUT2D eigenvalue weighted by molar-refractivity contribution is -0.173. The number of carbonyl (C=O) groups excluding carboxylic acids is 3. The first-order valence-corrected chi connectivity index (χ1v) is 3.04. The van der Waals surface area contributed by atoms with Crippen molar-refractivity contribution in [2.45, 2.75) is 12.5 Å². The van der Waals surface area contributed by atoms with Gasteiger partial charge >= 0.3 is 6.09 Å². The molecule has 1 aliphatic rings. The molecule has 1 rings (SSSR count). The monoisotopic (exact) mass is 302 g/mol. The van der Waals surface area contributed by atoms with Crippen LogP contribution in [0.3, 0.4) is 0 Å². The van der Waals surface area contributed by atoms with Crippen molar-refractivity contribution in [2.75, 3.05) is 0 Å². The summed E-state index contributed by atoms with van der Waals surface area (Å²) in [6.45, 7) is 0. The summed E-state index contributed by atoms with van der Waals surface area (Å²) in [6, 6.07) is 0. The summed E-state index contributed by atoms with van der Waals surface area (Å²) >= 11 is 0. The van der Waals surface area contributed by atoms with Crippen LogP contribution >= 0.6 is 24.0 Å². The molecule has 3 N–H and O–H groups in total. The smallest absolute Gasteiger partial charge is 0.383 e. The van der Waals surface area contributed by atoms with Crippen LogP contribution < -0.4 is 5.73 Å². The second kappa shape index (κ2) is 4.37. The van der Waals surface area contributed by atoms with Crippen LogP contribution in [-0.4, -0.2) is 34.2 Å². The number of amides is 3. The molecule has 0 saturated carbocycles. The minimum atomic E-state index is -1.43. The number of carbonyl (C=O) groups is 3. The van der Waals surface area contributed by atoms with E-state index in [0.717, 1.165) is 0 Å². The largest absolute Gasteiger partial charge is 0.429 e. The van der Waals surface area contributed by atoms with Crippen LogP contribution in [0, 0.1) is 0 Å². The maximum absolute atomic E-state index is 10.8. The lowest BCUT2D eigenvalue weighted by Crippen LogP contribution is -2.36. The topological polar surface area (TPSA) is 110 Å². The van der Waals surface area contributed by atoms with Crippen molar-refractivity contribution in [2.24, 2.45) is 5.73 Å². The van der Waals surface area contributed by atoms with E-state index < -0.39 is 24.0 Å². The lowest BCUT2D eigenvalue weighted by atomic mass is 10.3. The molecular weight excluding hydrogens is 295 g/mol. The van der Waals surface area contributed by atoms with Crippen molar-refractivity contribution in [1.29, 1.82) is 0 Å². The predicted octanol–water partition coefficient (Wildman–Crippen LogP) is -1.27. The van der Waals surface area contributed by atoms with Gasteiger partial charge in [0.1, 0.15) is 6.10 Å². The summed E-state index contributed by atoms with van der Waals surface area (Å²) in [6.07, 6.45) is -3.09. The summed E-state index contributed by atoms with van der Waals surface area (Å²) < 4.78 is 0. The standard InChI is InChI=1S/C5H6N2O5.HI/c6-5(11)12-7-3(9)1-2(8)4(7)10;/h2,8H,1H2,(H2,6,11);1H. The van der Waals surface area contributed by atoms with Crippen LogP contribution in [-0.2, 0) is 14.4 Å². The lowest BCUT2D eigenvalue weighted by Gasteiger charge is -2.09. The van der Waals surface area contributed by atoms with Gasteiger partial charge < -0.3 is 15.7 Å². The fourth-order valence-corrected chi connectivity index (χ4v) is 0.780. The Labute approximate surface area is 89.8 Å². The first-order chi connectivity index (χ1) is 5.52. The quantitative estimate of drug-likeness (QED) is 0.464. The number of nitrogens with zero attached hydrogens (tertiary/aromatic N) is 1. The second-order valence-corrected chi connectivity index (χ2v) is 2.16. The van der Waals surface area contributed by atoms with E-state index in [-0.39, 0.29) is 35.5 Å². The molecule has 1 atom stereocenters. The van der Waals surface area contributed by atoms with E-state index in [9.17, 15) is 14.4 Å². The van der Waals surface area contributed by atoms with Crippen LogP contribution in [0.5, 0.6) is 0 Å². The first kappa shape index (κ1) is 12.1. The highest BCUT2D eigenvalue weighted by Crippen LogP contribution is 2.12. The number of hydrogen-bond acceptors (Lipinski definition) is 5. The Morgan fingerprint density at radius 3 is 2.46 bits per heavy atom. The summed E-state index contributed by atoms with van der Waals surface area (Å²) in [5.74, 6) is -1.76. The van der Waals surface area contributed by atoms with Gasteiger partial charge in [-0.3, -0.25) is 9.59 Å². The number of hydrogen-bond donors (Lipinski definition) is 2. The minimum absolute atomic E-state index is 0. The van der Waals surface area contributed by atoms with Gasteiger partial charge in [0.2, 0.25) is 0 Å². The van der Waals surface area contributed by atoms with Gasteiger partial charge in [-0.05, 0) is 0 Å². The van der Waals surface area contributed by atoms with Crippen molar-refractivity contribution >= 4 is 41.9 Å². The Kier molecular flexibility index (Phi) is 4.07. The Morgan fingerprint density at radius 2 is 2.15 bits per heavy atom. The number of hydroxylamine groups is 2. The van der Waals surface area contributed by atoms with Crippen LogP contribution in [0.1, 0.15) is 6.42 Å². The molecule has 0 bridgehead atoms. The molecule has 0 radical (unpaired) electrons. The van der Waals surface area contributed by atoms with Crippen molar-refractivity contribution in [1.82, 2.24) is 5.06 Å². The molecule has 0 aromatic heterocycles. The van der Waals surface area contributed by atoms with Gasteiger partial charge in [0.25, 0.3) is 11.8 Å². The van der Waals surface area contributed by atoms with Crippen LogP contribution in [0.15, 0.2) is 0 Å². The highest BCUT2D eigenvalue weighted by atomic mass is 127. The highest BCUT2D eigenvalue weighted by Gasteiger charge is 2.40. The molecule has 7 nitrogen and oxygen atoms in total. The third kappa shape index (κ3) is 2.52. The third-order valence-corrected chi connectivity index (χ3v) is 1.26. The van der Waals surface area contributed by atoms with Gasteiger partial charge in [-0.2, -0.15) is 0 Å². The van der Waals surface area contributed by atoms with Crippen molar-refractivity contribution < 1.29 is 24.3 Å². The van der Waals surface area contributed by atoms with Gasteiger partial charge in [-0.25, -0.2) is 4.79 Å². The second-order valence-electron chi connectivity index (χ2n) is 2.16. The molecule has 3 amide bonds. The normalized spacial score (nSPS) is 21.3. The van der Waals surface area contributed by atoms with E-state index >= 15 is 0 Å². The summed E-state index contributed by atoms with van der Waals surface area (Å²) in [7, 11) is 0. The highest BCUT2D eigenvalue weighted by molar-refractivity contribution is 14.0. The molecular formula is C5H7IN2O5. The molecule has 0 aromatic carbocycles. The summed E-state index contributed by atoms with van der Waals surface area (Å²) in [5.41, 5.74) is 4.55. The zero-order valence-corrected chi connectivity index (χ0v) is 8.63. The average Bonchev–Trinajstić information content (AvgIpc) is 2.16. The van der Waals surface area contributed by atoms with Crippen LogP contribution in [0.25, 0.3) is 0 Å². The molecule has 13 heavy (non-hydrogen) atoms. The van der Waals surface area contributed by atoms with Gasteiger partial charge in [0.15, 0.2) is 0 Å². The Balaban J connectivity index is 0.00000144. The van der Waals surface area contributed by atoms with E-state index in [2.05, 4.69) is 10.6 Å². The number of halogens is 1. The maximum atomic E-state index is 10.8. The SMILES string of the molecule is I.NC(=O)ON1C(=O)CC(O)C1=O. The van der Waals surface area contributed by atoms with Gasteiger partial charge in [0, 0.05) is 0 Å². The minimum Gasteiger partial charge on any atom is -0.383 e. The molecule has 1 aliphatic heterocycles. The van der Waals surface area contributed by atoms with Crippen LogP contribution in [0.2, 0.25) is 0 Å². The molecule has 1 saturated heterocycles. The first-order valence-electron chi connectivity index (χ1n) is 3.04. The summed E-state index contributed by atoms with van der Waals surface area (Å²) in [4.78, 5) is 35.7. The molecule has 74 valence electrons. The maximum Gasteiger partial charge on any atom is 0.429 e. The average molecular weight is 302 g/mol. The van der Waals surface area contributed by atoms with Crippen molar-refractivity contribution in [3.63, 3.8) is 0 Å². The fraction of sp³-hybridized carbons (Fsp3) is 0.400. The molecule has 0 spiro atoms. The number of aliphatic hydroxyl groups excluding tert-OH is 1. The molecule has 0 aliphatic carbocycles. The van der Waals surface area contributed by atoms with E-state index in [1.165, 1.54) is 0 Å². The third-order valence-electron chi connectivity index (χ3n) is 1.26. The van der Waals surface area contributed by atoms with Crippen LogP contribution in [0.4, 0.5) is 4.79 Å². The Morgan fingerprint density at radius 1 is 1.62 bits per heavy atom. The summed E-state index contributed by atoms with van der Waals surface area (Å²) in [5, 5.41) is 8.97. The molecule has 1 unspecified atom stereocenters. The zero-order chi connectivity index (χ0) is 9.30. The van der Waals surface area contributed by atoms with E-state index in [0.29, 0.717) is 0 Å². The number of primary amides is 1. The van der Waals surface area contributed by atoms with E-state index in [1.54, 1.807) is 0 Å². The molecule has 1 fully saturated rings. The van der Waals surface area contributed by atoms with E-state index in [4.69, 9.17) is 5.11 Å². The zero-order valence-electron chi connectivity index (χ0n) is 6.30. The van der Waals surface area contributed by atoms with Gasteiger partial charge in [-0.1, -0.05) is 5.06 Å². The van der Waals surface area contributed by atoms with E-state index in [1.807, 2.05) is 0 Å². The number of imide groups is 1. The number of rotatable bonds is 1. The molecule has 8 heteroatoms. The fourth-order valence-electron chi connectivity index (χ4n) is 0.780. The molecule has 1 heterocycles. The molecule has 0 aromatic rings. The van der Waals surface area contributed by atoms with Crippen molar-refractivity contribution in [3.05, 3.63) is 0 Å². The number of nitrogens with two attached hydrogens (primary N) is 1.